The van der Waals surface area contributed by atoms with Crippen molar-refractivity contribution in [1.29, 1.82) is 0 Å². The third-order valence-electron chi connectivity index (χ3n) is 0.916. The zero-order valence-corrected chi connectivity index (χ0v) is 8.98. The van der Waals surface area contributed by atoms with Gasteiger partial charge in [-0.05, 0) is 22.0 Å². The standard InChI is InChI=1S/C6H4BrFO.Na/c7-4-2-1-3-5(9)6(4)8;/h1-3,9H;/q;+1/p-1. The molecule has 4 heteroatoms. The second kappa shape index (κ2) is 4.34. The average molecular weight is 213 g/mol. The van der Waals surface area contributed by atoms with Crippen molar-refractivity contribution in [2.24, 2.45) is 0 Å². The average Bonchev–Trinajstić information content (AvgIpc) is 1.83. The topological polar surface area (TPSA) is 23.1 Å². The quantitative estimate of drug-likeness (QED) is 0.489. The van der Waals surface area contributed by atoms with Crippen LogP contribution in [0.2, 0.25) is 0 Å². The Hall–Kier alpha value is 0.430. The van der Waals surface area contributed by atoms with Gasteiger partial charge in [0, 0.05) is 0 Å². The molecule has 0 radical (unpaired) electrons. The van der Waals surface area contributed by atoms with Crippen molar-refractivity contribution in [3.63, 3.8) is 0 Å². The van der Waals surface area contributed by atoms with Crippen LogP contribution in [0, 0.1) is 5.82 Å². The fourth-order valence-corrected chi connectivity index (χ4v) is 0.832. The summed E-state index contributed by atoms with van der Waals surface area (Å²) in [7, 11) is 0. The van der Waals surface area contributed by atoms with Gasteiger partial charge in [-0.1, -0.05) is 17.9 Å². The summed E-state index contributed by atoms with van der Waals surface area (Å²) in [5.41, 5.74) is 0. The minimum absolute atomic E-state index is 0. The monoisotopic (exact) mass is 212 g/mol. The molecule has 0 heterocycles. The van der Waals surface area contributed by atoms with E-state index >= 15 is 0 Å². The van der Waals surface area contributed by atoms with Gasteiger partial charge in [0.15, 0.2) is 0 Å². The van der Waals surface area contributed by atoms with E-state index in [1.807, 2.05) is 0 Å². The van der Waals surface area contributed by atoms with Crippen LogP contribution in [0.4, 0.5) is 4.39 Å². The van der Waals surface area contributed by atoms with E-state index in [1.165, 1.54) is 18.2 Å². The van der Waals surface area contributed by atoms with E-state index in [0.29, 0.717) is 0 Å². The van der Waals surface area contributed by atoms with E-state index in [-0.39, 0.29) is 34.0 Å². The van der Waals surface area contributed by atoms with Crippen molar-refractivity contribution in [3.05, 3.63) is 28.5 Å². The second-order valence-electron chi connectivity index (χ2n) is 1.55. The molecule has 0 bridgehead atoms. The number of benzene rings is 1. The van der Waals surface area contributed by atoms with Crippen molar-refractivity contribution in [1.82, 2.24) is 0 Å². The summed E-state index contributed by atoms with van der Waals surface area (Å²) in [6.07, 6.45) is 0. The van der Waals surface area contributed by atoms with Crippen LogP contribution >= 0.6 is 15.9 Å². The summed E-state index contributed by atoms with van der Waals surface area (Å²) in [6, 6.07) is 4.16. The van der Waals surface area contributed by atoms with Crippen molar-refractivity contribution in [3.8, 4) is 5.75 Å². The van der Waals surface area contributed by atoms with E-state index in [2.05, 4.69) is 15.9 Å². The van der Waals surface area contributed by atoms with E-state index in [4.69, 9.17) is 0 Å². The third kappa shape index (κ3) is 2.23. The fourth-order valence-electron chi connectivity index (χ4n) is 0.484. The molecule has 10 heavy (non-hydrogen) atoms. The number of hydrogen-bond acceptors (Lipinski definition) is 1. The van der Waals surface area contributed by atoms with Gasteiger partial charge in [-0.25, -0.2) is 4.39 Å². The first kappa shape index (κ1) is 10.4. The first-order valence-corrected chi connectivity index (χ1v) is 3.12. The van der Waals surface area contributed by atoms with Crippen LogP contribution in [0.15, 0.2) is 22.7 Å². The summed E-state index contributed by atoms with van der Waals surface area (Å²) < 4.78 is 12.6. The summed E-state index contributed by atoms with van der Waals surface area (Å²) in [4.78, 5) is 0. The van der Waals surface area contributed by atoms with Gasteiger partial charge in [-0.2, -0.15) is 0 Å². The van der Waals surface area contributed by atoms with Gasteiger partial charge in [-0.15, -0.1) is 0 Å². The number of halogens is 2. The normalized spacial score (nSPS) is 8.60. The van der Waals surface area contributed by atoms with E-state index in [1.54, 1.807) is 0 Å². The van der Waals surface area contributed by atoms with Gasteiger partial charge < -0.3 is 5.11 Å². The minimum atomic E-state index is -0.725. The SMILES string of the molecule is [Na+].[O-]c1cccc(Br)c1F. The molecule has 0 aromatic heterocycles. The third-order valence-corrected chi connectivity index (χ3v) is 1.53. The van der Waals surface area contributed by atoms with Crippen LogP contribution in [-0.2, 0) is 0 Å². The predicted octanol–water partition coefficient (Wildman–Crippen LogP) is -1.33. The molecule has 48 valence electrons. The molecule has 1 rings (SSSR count). The molecule has 0 aliphatic heterocycles. The maximum atomic E-state index is 12.4. The molecular weight excluding hydrogens is 210 g/mol. The Morgan fingerprint density at radius 3 is 2.40 bits per heavy atom. The minimum Gasteiger partial charge on any atom is -0.870 e. The molecule has 0 N–H and O–H groups in total. The molecule has 0 saturated heterocycles. The summed E-state index contributed by atoms with van der Waals surface area (Å²) >= 11 is 2.87. The Bertz CT molecular complexity index is 209. The fraction of sp³-hybridized carbons (Fsp3) is 0. The van der Waals surface area contributed by atoms with Crippen LogP contribution in [0.25, 0.3) is 0 Å². The molecule has 1 nitrogen and oxygen atoms in total. The summed E-state index contributed by atoms with van der Waals surface area (Å²) in [5, 5.41) is 10.4. The first-order valence-electron chi connectivity index (χ1n) is 2.33. The molecule has 0 unspecified atom stereocenters. The Morgan fingerprint density at radius 2 is 2.00 bits per heavy atom. The smallest absolute Gasteiger partial charge is 0.870 e. The number of rotatable bonds is 0. The zero-order valence-electron chi connectivity index (χ0n) is 5.40. The van der Waals surface area contributed by atoms with Crippen molar-refractivity contribution in [2.75, 3.05) is 0 Å². The van der Waals surface area contributed by atoms with Crippen LogP contribution in [0.3, 0.4) is 0 Å². The maximum absolute atomic E-state index is 12.4. The van der Waals surface area contributed by atoms with Crippen LogP contribution in [0.1, 0.15) is 0 Å². The van der Waals surface area contributed by atoms with Crippen LogP contribution in [0.5, 0.6) is 5.75 Å². The van der Waals surface area contributed by atoms with Gasteiger partial charge in [0.2, 0.25) is 0 Å². The molecule has 0 aliphatic carbocycles. The molecule has 0 atom stereocenters. The molecule has 1 aromatic carbocycles. The largest absolute Gasteiger partial charge is 1.00 e. The number of hydrogen-bond donors (Lipinski definition) is 0. The van der Waals surface area contributed by atoms with E-state index in [9.17, 15) is 9.50 Å². The van der Waals surface area contributed by atoms with Gasteiger partial charge in [0.1, 0.15) is 5.82 Å². The van der Waals surface area contributed by atoms with Gasteiger partial charge in [-0.3, -0.25) is 0 Å². The van der Waals surface area contributed by atoms with E-state index in [0.717, 1.165) is 0 Å². The summed E-state index contributed by atoms with van der Waals surface area (Å²) in [5.74, 6) is -1.30. The van der Waals surface area contributed by atoms with Crippen molar-refractivity contribution < 1.29 is 39.1 Å². The summed E-state index contributed by atoms with van der Waals surface area (Å²) in [6.45, 7) is 0. The Kier molecular flexibility index (Phi) is 4.52. The van der Waals surface area contributed by atoms with Crippen LogP contribution < -0.4 is 34.7 Å². The molecule has 0 amide bonds. The molecule has 0 aliphatic rings. The van der Waals surface area contributed by atoms with Gasteiger partial charge in [0.05, 0.1) is 4.47 Å². The first-order chi connectivity index (χ1) is 4.22. The molecular formula is C6H3BrFNaO. The zero-order chi connectivity index (χ0) is 6.85. The predicted molar refractivity (Wildman–Crippen MR) is 33.5 cm³/mol. The Balaban J connectivity index is 0.000000810. The molecule has 0 saturated carbocycles. The molecule has 0 spiro atoms. The van der Waals surface area contributed by atoms with Gasteiger partial charge in [0.25, 0.3) is 0 Å². The van der Waals surface area contributed by atoms with Crippen LogP contribution in [-0.4, -0.2) is 0 Å². The Morgan fingerprint density at radius 1 is 1.40 bits per heavy atom. The van der Waals surface area contributed by atoms with E-state index < -0.39 is 11.6 Å². The van der Waals surface area contributed by atoms with Gasteiger partial charge >= 0.3 is 29.6 Å². The molecule has 1 aromatic rings. The van der Waals surface area contributed by atoms with Crippen molar-refractivity contribution in [2.45, 2.75) is 0 Å². The Labute approximate surface area is 88.7 Å². The molecule has 0 fully saturated rings. The maximum Gasteiger partial charge on any atom is 1.00 e. The van der Waals surface area contributed by atoms with Crippen molar-refractivity contribution >= 4 is 15.9 Å². The second-order valence-corrected chi connectivity index (χ2v) is 2.41.